The second kappa shape index (κ2) is 5.64. The zero-order valence-corrected chi connectivity index (χ0v) is 13.5. The first-order valence-electron chi connectivity index (χ1n) is 7.91. The van der Waals surface area contributed by atoms with E-state index in [1.165, 1.54) is 0 Å². The Morgan fingerprint density at radius 3 is 2.59 bits per heavy atom. The lowest BCUT2D eigenvalue weighted by molar-refractivity contribution is 0.0193. The minimum absolute atomic E-state index is 0.0214. The van der Waals surface area contributed by atoms with E-state index in [9.17, 15) is 5.26 Å². The molecule has 6 heteroatoms. The van der Waals surface area contributed by atoms with Crippen molar-refractivity contribution in [2.75, 3.05) is 19.8 Å². The zero-order chi connectivity index (χ0) is 15.8. The van der Waals surface area contributed by atoms with Crippen LogP contribution >= 0.6 is 0 Å². The smallest absolute Gasteiger partial charge is 0.247 e. The van der Waals surface area contributed by atoms with Crippen molar-refractivity contribution >= 4 is 0 Å². The van der Waals surface area contributed by atoms with Crippen LogP contribution in [-0.2, 0) is 14.9 Å². The van der Waals surface area contributed by atoms with Crippen molar-refractivity contribution in [1.29, 1.82) is 5.26 Å². The molecule has 0 amide bonds. The van der Waals surface area contributed by atoms with Crippen molar-refractivity contribution in [3.05, 3.63) is 11.7 Å². The van der Waals surface area contributed by atoms with E-state index in [0.29, 0.717) is 44.4 Å². The van der Waals surface area contributed by atoms with Gasteiger partial charge in [0.05, 0.1) is 18.1 Å². The van der Waals surface area contributed by atoms with Gasteiger partial charge in [-0.1, -0.05) is 25.9 Å². The van der Waals surface area contributed by atoms with Gasteiger partial charge in [0, 0.05) is 19.8 Å². The molecule has 0 aromatic carbocycles. The van der Waals surface area contributed by atoms with Crippen LogP contribution in [0.4, 0.5) is 0 Å². The highest BCUT2D eigenvalue weighted by atomic mass is 16.5. The summed E-state index contributed by atoms with van der Waals surface area (Å²) in [6.45, 7) is 8.31. The molecule has 120 valence electrons. The SMILES string of the molecule is CC(C)(C)[C@H]1OCC[C@@H]1c1noc(C2(C#N)CCOCC2)n1. The monoisotopic (exact) mass is 305 g/mol. The Hall–Kier alpha value is -1.45. The minimum atomic E-state index is -0.694. The van der Waals surface area contributed by atoms with Crippen LogP contribution in [0.1, 0.15) is 57.7 Å². The van der Waals surface area contributed by atoms with E-state index in [4.69, 9.17) is 14.0 Å². The van der Waals surface area contributed by atoms with Crippen molar-refractivity contribution in [2.45, 2.75) is 57.5 Å². The fourth-order valence-electron chi connectivity index (χ4n) is 3.38. The molecule has 2 aliphatic heterocycles. The third-order valence-electron chi connectivity index (χ3n) is 4.69. The summed E-state index contributed by atoms with van der Waals surface area (Å²) in [5.41, 5.74) is -0.673. The van der Waals surface area contributed by atoms with Gasteiger partial charge in [-0.05, 0) is 24.7 Å². The third kappa shape index (κ3) is 2.64. The first-order chi connectivity index (χ1) is 10.5. The van der Waals surface area contributed by atoms with Crippen LogP contribution in [0, 0.1) is 16.7 Å². The number of ether oxygens (including phenoxy) is 2. The van der Waals surface area contributed by atoms with E-state index in [2.05, 4.69) is 37.0 Å². The molecule has 2 fully saturated rings. The van der Waals surface area contributed by atoms with Crippen LogP contribution in [0.25, 0.3) is 0 Å². The number of hydrogen-bond donors (Lipinski definition) is 0. The van der Waals surface area contributed by atoms with Gasteiger partial charge in [-0.15, -0.1) is 0 Å². The van der Waals surface area contributed by atoms with Gasteiger partial charge < -0.3 is 14.0 Å². The van der Waals surface area contributed by atoms with E-state index < -0.39 is 5.41 Å². The molecular formula is C16H23N3O3. The molecular weight excluding hydrogens is 282 g/mol. The average molecular weight is 305 g/mol. The van der Waals surface area contributed by atoms with Crippen LogP contribution in [0.2, 0.25) is 0 Å². The lowest BCUT2D eigenvalue weighted by Gasteiger charge is -2.29. The molecule has 0 N–H and O–H groups in total. The van der Waals surface area contributed by atoms with Gasteiger partial charge in [-0.3, -0.25) is 0 Å². The van der Waals surface area contributed by atoms with Crippen LogP contribution < -0.4 is 0 Å². The standard InChI is InChI=1S/C16H23N3O3/c1-15(2,3)12-11(4-7-21-12)13-18-14(22-19-13)16(10-17)5-8-20-9-6-16/h11-12H,4-9H2,1-3H3/t11-,12-/m0/s1. The summed E-state index contributed by atoms with van der Waals surface area (Å²) in [5, 5.41) is 13.8. The summed E-state index contributed by atoms with van der Waals surface area (Å²) in [5.74, 6) is 1.24. The molecule has 0 bridgehead atoms. The molecule has 0 unspecified atom stereocenters. The maximum atomic E-state index is 9.59. The van der Waals surface area contributed by atoms with Gasteiger partial charge in [-0.2, -0.15) is 10.2 Å². The molecule has 6 nitrogen and oxygen atoms in total. The molecule has 0 aliphatic carbocycles. The van der Waals surface area contributed by atoms with Crippen molar-refractivity contribution in [3.8, 4) is 6.07 Å². The lowest BCUT2D eigenvalue weighted by atomic mass is 9.80. The summed E-state index contributed by atoms with van der Waals surface area (Å²) in [6, 6.07) is 2.37. The van der Waals surface area contributed by atoms with Gasteiger partial charge in [0.25, 0.3) is 0 Å². The Morgan fingerprint density at radius 2 is 1.95 bits per heavy atom. The van der Waals surface area contributed by atoms with Gasteiger partial charge in [0.2, 0.25) is 5.89 Å². The predicted molar refractivity (Wildman–Crippen MR) is 78.2 cm³/mol. The van der Waals surface area contributed by atoms with Crippen LogP contribution in [0.5, 0.6) is 0 Å². The Kier molecular flexibility index (Phi) is 3.96. The van der Waals surface area contributed by atoms with E-state index in [1.807, 2.05) is 0 Å². The largest absolute Gasteiger partial charge is 0.381 e. The summed E-state index contributed by atoms with van der Waals surface area (Å²) in [7, 11) is 0. The van der Waals surface area contributed by atoms with Gasteiger partial charge in [-0.25, -0.2) is 0 Å². The maximum absolute atomic E-state index is 9.59. The highest BCUT2D eigenvalue weighted by Crippen LogP contribution is 2.41. The van der Waals surface area contributed by atoms with E-state index in [-0.39, 0.29) is 17.4 Å². The first-order valence-corrected chi connectivity index (χ1v) is 7.91. The Morgan fingerprint density at radius 1 is 1.23 bits per heavy atom. The van der Waals surface area contributed by atoms with Crippen molar-refractivity contribution in [1.82, 2.24) is 10.1 Å². The normalized spacial score (nSPS) is 28.5. The Bertz CT molecular complexity index is 564. The molecule has 22 heavy (non-hydrogen) atoms. The van der Waals surface area contributed by atoms with Gasteiger partial charge >= 0.3 is 0 Å². The van der Waals surface area contributed by atoms with E-state index in [0.717, 1.165) is 6.42 Å². The maximum Gasteiger partial charge on any atom is 0.247 e. The van der Waals surface area contributed by atoms with Gasteiger partial charge in [0.15, 0.2) is 5.82 Å². The van der Waals surface area contributed by atoms with Crippen molar-refractivity contribution in [3.63, 3.8) is 0 Å². The number of hydrogen-bond acceptors (Lipinski definition) is 6. The van der Waals surface area contributed by atoms with Crippen molar-refractivity contribution < 1.29 is 14.0 Å². The number of nitriles is 1. The molecule has 3 rings (SSSR count). The molecule has 0 saturated carbocycles. The molecule has 0 spiro atoms. The third-order valence-corrected chi connectivity index (χ3v) is 4.69. The lowest BCUT2D eigenvalue weighted by Crippen LogP contribution is -2.33. The van der Waals surface area contributed by atoms with Gasteiger partial charge in [0.1, 0.15) is 5.41 Å². The molecule has 1 aromatic heterocycles. The summed E-state index contributed by atoms with van der Waals surface area (Å²) < 4.78 is 16.7. The topological polar surface area (TPSA) is 81.2 Å². The zero-order valence-electron chi connectivity index (χ0n) is 13.5. The van der Waals surface area contributed by atoms with Crippen LogP contribution in [0.15, 0.2) is 4.52 Å². The Labute approximate surface area is 130 Å². The minimum Gasteiger partial charge on any atom is -0.381 e. The number of rotatable bonds is 2. The number of nitrogens with zero attached hydrogens (tertiary/aromatic N) is 3. The highest BCUT2D eigenvalue weighted by molar-refractivity contribution is 5.20. The molecule has 3 heterocycles. The fourth-order valence-corrected chi connectivity index (χ4v) is 3.38. The second-order valence-electron chi connectivity index (χ2n) is 7.32. The Balaban J connectivity index is 1.86. The molecule has 2 aliphatic rings. The van der Waals surface area contributed by atoms with E-state index in [1.54, 1.807) is 0 Å². The molecule has 2 saturated heterocycles. The van der Waals surface area contributed by atoms with Crippen LogP contribution in [-0.4, -0.2) is 36.1 Å². The summed E-state index contributed by atoms with van der Waals surface area (Å²) in [6.07, 6.45) is 2.18. The second-order valence-corrected chi connectivity index (χ2v) is 7.32. The highest BCUT2D eigenvalue weighted by Gasteiger charge is 2.44. The molecule has 0 radical (unpaired) electrons. The fraction of sp³-hybridized carbons (Fsp3) is 0.812. The average Bonchev–Trinajstić information content (AvgIpc) is 3.16. The van der Waals surface area contributed by atoms with Crippen molar-refractivity contribution in [2.24, 2.45) is 5.41 Å². The summed E-state index contributed by atoms with van der Waals surface area (Å²) in [4.78, 5) is 4.59. The van der Waals surface area contributed by atoms with Crippen LogP contribution in [0.3, 0.4) is 0 Å². The predicted octanol–water partition coefficient (Wildman–Crippen LogP) is 2.56. The molecule has 2 atom stereocenters. The quantitative estimate of drug-likeness (QED) is 0.835. The molecule has 1 aromatic rings. The number of aromatic nitrogens is 2. The van der Waals surface area contributed by atoms with E-state index >= 15 is 0 Å². The summed E-state index contributed by atoms with van der Waals surface area (Å²) >= 11 is 0. The first kappa shape index (κ1) is 15.4.